The average molecular weight is 585 g/mol. The number of benzene rings is 2. The van der Waals surface area contributed by atoms with Crippen molar-refractivity contribution in [2.24, 2.45) is 5.73 Å². The lowest BCUT2D eigenvalue weighted by molar-refractivity contribution is -0.192. The van der Waals surface area contributed by atoms with E-state index in [1.54, 1.807) is 12.5 Å². The molecule has 0 spiro atoms. The number of aromatic amines is 1. The maximum absolute atomic E-state index is 12.3. The van der Waals surface area contributed by atoms with Gasteiger partial charge in [0.15, 0.2) is 0 Å². The molecule has 41 heavy (non-hydrogen) atoms. The quantitative estimate of drug-likeness (QED) is 0.180. The number of carboxylic acids is 1. The Bertz CT molecular complexity index is 1680. The summed E-state index contributed by atoms with van der Waals surface area (Å²) in [7, 11) is 0. The number of fused-ring (bicyclic) bond motifs is 1. The van der Waals surface area contributed by atoms with Crippen LogP contribution in [0.1, 0.15) is 28.4 Å². The van der Waals surface area contributed by atoms with Gasteiger partial charge in [0, 0.05) is 46.9 Å². The van der Waals surface area contributed by atoms with Crippen LogP contribution in [0, 0.1) is 0 Å². The number of imidazole rings is 1. The topological polar surface area (TPSA) is 139 Å². The van der Waals surface area contributed by atoms with Crippen LogP contribution in [0.25, 0.3) is 22.3 Å². The minimum absolute atomic E-state index is 0.330. The summed E-state index contributed by atoms with van der Waals surface area (Å²) < 4.78 is 33.8. The number of anilines is 2. The van der Waals surface area contributed by atoms with Gasteiger partial charge in [-0.3, -0.25) is 4.79 Å². The number of carbonyl (C=O) groups is 2. The first kappa shape index (κ1) is 29.2. The van der Waals surface area contributed by atoms with Crippen molar-refractivity contribution in [2.75, 3.05) is 5.32 Å². The second-order valence-corrected chi connectivity index (χ2v) is 9.26. The molecule has 0 saturated carbocycles. The number of hydrogen-bond acceptors (Lipinski definition) is 5. The predicted molar refractivity (Wildman–Crippen MR) is 149 cm³/mol. The summed E-state index contributed by atoms with van der Waals surface area (Å²) in [6.45, 7) is 2.82. The van der Waals surface area contributed by atoms with E-state index in [0.29, 0.717) is 28.5 Å². The Morgan fingerprint density at radius 2 is 1.88 bits per heavy atom. The fourth-order valence-corrected chi connectivity index (χ4v) is 4.34. The lowest BCUT2D eigenvalue weighted by Gasteiger charge is -2.17. The number of carbonyl (C=O) groups excluding carboxylic acids is 1. The van der Waals surface area contributed by atoms with Crippen molar-refractivity contribution in [3.63, 3.8) is 0 Å². The number of hydrogen-bond donors (Lipinski definition) is 4. The molecule has 0 saturated heterocycles. The van der Waals surface area contributed by atoms with Gasteiger partial charge in [-0.15, -0.1) is 0 Å². The van der Waals surface area contributed by atoms with Gasteiger partial charge in [0.2, 0.25) is 0 Å². The molecule has 212 valence electrons. The van der Waals surface area contributed by atoms with E-state index >= 15 is 0 Å². The molecule has 0 aliphatic heterocycles. The zero-order chi connectivity index (χ0) is 29.7. The lowest BCUT2D eigenvalue weighted by atomic mass is 10.0. The van der Waals surface area contributed by atoms with Crippen LogP contribution in [-0.2, 0) is 17.8 Å². The van der Waals surface area contributed by atoms with Gasteiger partial charge in [0.1, 0.15) is 5.65 Å². The lowest BCUT2D eigenvalue weighted by Crippen LogP contribution is -2.21. The highest BCUT2D eigenvalue weighted by molar-refractivity contribution is 6.30. The van der Waals surface area contributed by atoms with E-state index in [9.17, 15) is 18.0 Å². The first-order chi connectivity index (χ1) is 19.5. The van der Waals surface area contributed by atoms with Crippen LogP contribution in [0.5, 0.6) is 0 Å². The van der Waals surface area contributed by atoms with Crippen molar-refractivity contribution >= 4 is 45.9 Å². The van der Waals surface area contributed by atoms with Crippen molar-refractivity contribution in [3.8, 4) is 11.3 Å². The molecule has 0 aliphatic carbocycles. The van der Waals surface area contributed by atoms with E-state index in [0.717, 1.165) is 34.3 Å². The third-order valence-electron chi connectivity index (χ3n) is 6.12. The highest BCUT2D eigenvalue weighted by Gasteiger charge is 2.38. The molecule has 0 atom stereocenters. The number of halogens is 4. The predicted octanol–water partition coefficient (Wildman–Crippen LogP) is 6.17. The van der Waals surface area contributed by atoms with Crippen LogP contribution in [0.2, 0.25) is 5.02 Å². The van der Waals surface area contributed by atoms with Gasteiger partial charge in [-0.2, -0.15) is 13.2 Å². The summed E-state index contributed by atoms with van der Waals surface area (Å²) in [5, 5.41) is 12.1. The standard InChI is InChI=1S/C26H23ClN6O.C2HF3O2/c1-2-19-17(14-33-11-10-29-15-33)4-3-5-22(19)31-24-20-12-23(16-6-8-18(27)9-7-16)32-26(20)30-13-21(24)25(28)34;3-2(4,5)1(6)7/h3-13,15H,2,14H2,1H3,(H2,28,34)(H2,30,31,32);(H,6,7). The van der Waals surface area contributed by atoms with E-state index in [4.69, 9.17) is 27.2 Å². The van der Waals surface area contributed by atoms with Crippen molar-refractivity contribution in [1.82, 2.24) is 19.5 Å². The largest absolute Gasteiger partial charge is 0.490 e. The van der Waals surface area contributed by atoms with Gasteiger partial charge in [0.05, 0.1) is 17.6 Å². The van der Waals surface area contributed by atoms with Crippen molar-refractivity contribution in [1.29, 1.82) is 0 Å². The highest BCUT2D eigenvalue weighted by atomic mass is 35.5. The van der Waals surface area contributed by atoms with Crippen molar-refractivity contribution in [3.05, 3.63) is 95.2 Å². The van der Waals surface area contributed by atoms with Crippen LogP contribution in [0.15, 0.2) is 73.4 Å². The second-order valence-electron chi connectivity index (χ2n) is 8.82. The van der Waals surface area contributed by atoms with Crippen molar-refractivity contribution in [2.45, 2.75) is 26.1 Å². The number of aliphatic carboxylic acids is 1. The summed E-state index contributed by atoms with van der Waals surface area (Å²) in [5.41, 5.74) is 12.4. The smallest absolute Gasteiger partial charge is 0.475 e. The van der Waals surface area contributed by atoms with E-state index in [-0.39, 0.29) is 0 Å². The summed E-state index contributed by atoms with van der Waals surface area (Å²) >= 11 is 6.05. The molecule has 5 aromatic rings. The molecule has 0 aliphatic rings. The van der Waals surface area contributed by atoms with Gasteiger partial charge in [-0.1, -0.05) is 42.8 Å². The molecule has 0 radical (unpaired) electrons. The number of pyridine rings is 1. The number of alkyl halides is 3. The third-order valence-corrected chi connectivity index (χ3v) is 6.37. The number of nitrogens with two attached hydrogens (primary N) is 1. The molecule has 0 unspecified atom stereocenters. The fourth-order valence-electron chi connectivity index (χ4n) is 4.21. The number of primary amides is 1. The number of amides is 1. The summed E-state index contributed by atoms with van der Waals surface area (Å²) in [5.74, 6) is -3.30. The number of nitrogens with one attached hydrogen (secondary N) is 2. The Balaban J connectivity index is 0.000000493. The molecule has 2 aromatic carbocycles. The second kappa shape index (κ2) is 12.1. The Hall–Kier alpha value is -4.84. The molecule has 1 amide bonds. The molecule has 3 heterocycles. The van der Waals surface area contributed by atoms with Gasteiger partial charge < -0.3 is 25.7 Å². The molecule has 13 heteroatoms. The van der Waals surface area contributed by atoms with Crippen LogP contribution in [0.3, 0.4) is 0 Å². The van der Waals surface area contributed by atoms with Gasteiger partial charge in [0.25, 0.3) is 5.91 Å². The Labute approximate surface area is 236 Å². The maximum atomic E-state index is 12.3. The average Bonchev–Trinajstić information content (AvgIpc) is 3.59. The third kappa shape index (κ3) is 6.84. The summed E-state index contributed by atoms with van der Waals surface area (Å²) in [6.07, 6.45) is 2.75. The van der Waals surface area contributed by atoms with Gasteiger partial charge in [-0.05, 0) is 47.4 Å². The van der Waals surface area contributed by atoms with Crippen LogP contribution in [-0.4, -0.2) is 42.7 Å². The van der Waals surface area contributed by atoms with E-state index in [1.165, 1.54) is 11.8 Å². The fraction of sp³-hybridized carbons (Fsp3) is 0.143. The number of rotatable bonds is 7. The Morgan fingerprint density at radius 3 is 2.46 bits per heavy atom. The molecule has 0 bridgehead atoms. The zero-order valence-electron chi connectivity index (χ0n) is 21.5. The number of carboxylic acid groups (broad SMARTS) is 1. The maximum Gasteiger partial charge on any atom is 0.490 e. The monoisotopic (exact) mass is 584 g/mol. The van der Waals surface area contributed by atoms with E-state index in [1.807, 2.05) is 53.2 Å². The SMILES string of the molecule is CCc1c(Cn2ccnc2)cccc1Nc1c(C(N)=O)cnc2[nH]c(-c3ccc(Cl)cc3)cc12.O=C(O)C(F)(F)F. The zero-order valence-corrected chi connectivity index (χ0v) is 22.3. The van der Waals surface area contributed by atoms with Gasteiger partial charge in [-0.25, -0.2) is 14.8 Å². The first-order valence-electron chi connectivity index (χ1n) is 12.2. The first-order valence-corrected chi connectivity index (χ1v) is 12.6. The minimum atomic E-state index is -5.08. The van der Waals surface area contributed by atoms with Crippen LogP contribution < -0.4 is 11.1 Å². The molecule has 5 rings (SSSR count). The molecule has 0 fully saturated rings. The Kier molecular flexibility index (Phi) is 8.62. The molecule has 3 aromatic heterocycles. The number of nitrogens with zero attached hydrogens (tertiary/aromatic N) is 3. The highest BCUT2D eigenvalue weighted by Crippen LogP contribution is 2.34. The molecule has 9 nitrogen and oxygen atoms in total. The van der Waals surface area contributed by atoms with Crippen LogP contribution >= 0.6 is 11.6 Å². The normalized spacial score (nSPS) is 11.1. The minimum Gasteiger partial charge on any atom is -0.475 e. The van der Waals surface area contributed by atoms with Crippen LogP contribution in [0.4, 0.5) is 24.5 Å². The number of aromatic nitrogens is 4. The van der Waals surface area contributed by atoms with E-state index < -0.39 is 18.1 Å². The molecular weight excluding hydrogens is 561 g/mol. The summed E-state index contributed by atoms with van der Waals surface area (Å²) in [6, 6.07) is 15.6. The van der Waals surface area contributed by atoms with Crippen molar-refractivity contribution < 1.29 is 27.9 Å². The summed E-state index contributed by atoms with van der Waals surface area (Å²) in [4.78, 5) is 33.1. The Morgan fingerprint density at radius 1 is 1.17 bits per heavy atom. The number of H-pyrrole nitrogens is 1. The van der Waals surface area contributed by atoms with Gasteiger partial charge >= 0.3 is 12.1 Å². The molecular formula is C28H24ClF3N6O3. The molecule has 5 N–H and O–H groups in total. The van der Waals surface area contributed by atoms with E-state index in [2.05, 4.69) is 33.3 Å².